The highest BCUT2D eigenvalue weighted by atomic mass is 15.1. The minimum absolute atomic E-state index is 0.629. The van der Waals surface area contributed by atoms with Crippen molar-refractivity contribution in [2.75, 3.05) is 6.54 Å². The zero-order valence-corrected chi connectivity index (χ0v) is 17.2. The summed E-state index contributed by atoms with van der Waals surface area (Å²) in [6.45, 7) is 3.87. The summed E-state index contributed by atoms with van der Waals surface area (Å²) < 4.78 is 2.39. The fourth-order valence-corrected chi connectivity index (χ4v) is 4.66. The molecule has 0 N–H and O–H groups in total. The van der Waals surface area contributed by atoms with Gasteiger partial charge in [-0.25, -0.2) is 9.97 Å². The van der Waals surface area contributed by atoms with Crippen LogP contribution in [-0.4, -0.2) is 26.0 Å². The molecule has 1 saturated carbocycles. The van der Waals surface area contributed by atoms with E-state index in [1.54, 1.807) is 0 Å². The number of nitrogens with zero attached hydrogens (tertiary/aromatic N) is 4. The average Bonchev–Trinajstić information content (AvgIpc) is 3.59. The molecule has 0 bridgehead atoms. The van der Waals surface area contributed by atoms with Crippen molar-refractivity contribution in [3.63, 3.8) is 0 Å². The van der Waals surface area contributed by atoms with Crippen LogP contribution in [0.5, 0.6) is 0 Å². The molecule has 2 aromatic heterocycles. The van der Waals surface area contributed by atoms with Gasteiger partial charge in [0, 0.05) is 73.1 Å². The maximum Gasteiger partial charge on any atom is 0.131 e. The van der Waals surface area contributed by atoms with Gasteiger partial charge >= 0.3 is 0 Å². The highest BCUT2D eigenvalue weighted by Crippen LogP contribution is 2.38. The third-order valence-electron chi connectivity index (χ3n) is 6.43. The Hall–Kier alpha value is -2.98. The zero-order chi connectivity index (χ0) is 19.9. The number of fused-ring (bicyclic) bond motifs is 2. The van der Waals surface area contributed by atoms with E-state index in [-0.39, 0.29) is 0 Å². The molecule has 0 saturated heterocycles. The van der Waals surface area contributed by atoms with E-state index in [4.69, 9.17) is 4.98 Å². The number of rotatable bonds is 5. The lowest BCUT2D eigenvalue weighted by atomic mass is 10.1. The molecular formula is C26H26N4. The van der Waals surface area contributed by atoms with Crippen molar-refractivity contribution < 1.29 is 0 Å². The second-order valence-electron chi connectivity index (χ2n) is 8.72. The van der Waals surface area contributed by atoms with E-state index in [0.717, 1.165) is 38.4 Å². The van der Waals surface area contributed by atoms with Crippen LogP contribution in [0.1, 0.15) is 47.0 Å². The molecule has 150 valence electrons. The van der Waals surface area contributed by atoms with E-state index in [0.29, 0.717) is 5.92 Å². The third kappa shape index (κ3) is 3.41. The first-order valence-corrected chi connectivity index (χ1v) is 11.0. The van der Waals surface area contributed by atoms with E-state index >= 15 is 0 Å². The lowest BCUT2D eigenvalue weighted by Gasteiger charge is -2.28. The van der Waals surface area contributed by atoms with Crippen LogP contribution >= 0.6 is 0 Å². The van der Waals surface area contributed by atoms with Gasteiger partial charge in [0.15, 0.2) is 0 Å². The predicted octanol–water partition coefficient (Wildman–Crippen LogP) is 4.92. The molecule has 0 atom stereocenters. The highest BCUT2D eigenvalue weighted by molar-refractivity contribution is 5.84. The van der Waals surface area contributed by atoms with Gasteiger partial charge < -0.3 is 4.57 Å². The van der Waals surface area contributed by atoms with Crippen LogP contribution in [0.3, 0.4) is 0 Å². The van der Waals surface area contributed by atoms with Gasteiger partial charge in [0.05, 0.1) is 0 Å². The maximum absolute atomic E-state index is 4.88. The van der Waals surface area contributed by atoms with Crippen LogP contribution in [0.4, 0.5) is 0 Å². The lowest BCUT2D eigenvalue weighted by molar-refractivity contribution is 0.243. The van der Waals surface area contributed by atoms with Crippen molar-refractivity contribution in [3.05, 3.63) is 95.2 Å². The van der Waals surface area contributed by atoms with Gasteiger partial charge in [-0.05, 0) is 30.0 Å². The molecule has 2 aromatic carbocycles. The summed E-state index contributed by atoms with van der Waals surface area (Å²) in [7, 11) is 0. The molecule has 1 fully saturated rings. The second kappa shape index (κ2) is 7.37. The fourth-order valence-electron chi connectivity index (χ4n) is 4.66. The van der Waals surface area contributed by atoms with Gasteiger partial charge in [-0.15, -0.1) is 0 Å². The number of hydrogen-bond donors (Lipinski definition) is 0. The zero-order valence-electron chi connectivity index (χ0n) is 17.2. The molecule has 0 unspecified atom stereocenters. The van der Waals surface area contributed by atoms with Crippen LogP contribution in [0.15, 0.2) is 67.0 Å². The Morgan fingerprint density at radius 3 is 2.63 bits per heavy atom. The van der Waals surface area contributed by atoms with E-state index < -0.39 is 0 Å². The Morgan fingerprint density at radius 1 is 0.933 bits per heavy atom. The molecule has 30 heavy (non-hydrogen) atoms. The monoisotopic (exact) mass is 394 g/mol. The summed E-state index contributed by atoms with van der Waals surface area (Å²) in [6.07, 6.45) is 7.98. The molecule has 4 nitrogen and oxygen atoms in total. The van der Waals surface area contributed by atoms with Crippen molar-refractivity contribution in [1.29, 1.82) is 0 Å². The van der Waals surface area contributed by atoms with Crippen molar-refractivity contribution in [2.24, 2.45) is 0 Å². The summed E-state index contributed by atoms with van der Waals surface area (Å²) in [5, 5.41) is 1.36. The molecule has 4 heteroatoms. The second-order valence-corrected chi connectivity index (χ2v) is 8.72. The third-order valence-corrected chi connectivity index (χ3v) is 6.43. The molecule has 6 rings (SSSR count). The molecular weight excluding hydrogens is 368 g/mol. The number of hydrogen-bond acceptors (Lipinski definition) is 3. The first-order chi connectivity index (χ1) is 14.8. The Labute approximate surface area is 177 Å². The predicted molar refractivity (Wildman–Crippen MR) is 119 cm³/mol. The topological polar surface area (TPSA) is 34.0 Å². The first kappa shape index (κ1) is 17.8. The summed E-state index contributed by atoms with van der Waals surface area (Å²) in [5.41, 5.74) is 6.63. The quantitative estimate of drug-likeness (QED) is 0.482. The van der Waals surface area contributed by atoms with Gasteiger partial charge in [-0.3, -0.25) is 4.90 Å². The van der Waals surface area contributed by atoms with Crippen molar-refractivity contribution in [2.45, 2.75) is 44.8 Å². The van der Waals surface area contributed by atoms with Crippen LogP contribution in [0.2, 0.25) is 0 Å². The van der Waals surface area contributed by atoms with E-state index in [1.807, 2.05) is 0 Å². The Balaban J connectivity index is 1.25. The molecule has 3 heterocycles. The Morgan fingerprint density at radius 2 is 1.77 bits per heavy atom. The molecule has 2 aliphatic rings. The van der Waals surface area contributed by atoms with Crippen LogP contribution in [0.25, 0.3) is 10.9 Å². The largest absolute Gasteiger partial charge is 0.343 e. The Bertz CT molecular complexity index is 1190. The number of benzene rings is 2. The number of para-hydroxylation sites is 1. The van der Waals surface area contributed by atoms with E-state index in [1.165, 1.54) is 46.1 Å². The minimum Gasteiger partial charge on any atom is -0.343 e. The first-order valence-electron chi connectivity index (χ1n) is 11.0. The molecule has 1 aliphatic carbocycles. The fraction of sp³-hybridized carbons (Fsp3) is 0.308. The van der Waals surface area contributed by atoms with Crippen molar-refractivity contribution >= 4 is 10.9 Å². The van der Waals surface area contributed by atoms with E-state index in [9.17, 15) is 0 Å². The molecule has 0 amide bonds. The van der Waals surface area contributed by atoms with Crippen LogP contribution in [0, 0.1) is 0 Å². The van der Waals surface area contributed by atoms with Gasteiger partial charge in [-0.1, -0.05) is 48.5 Å². The SMILES string of the molecule is c1ccc(Cn2cc(CN3CCc4nc(C5CC5)ncc4C3)c3ccccc32)cc1. The maximum atomic E-state index is 4.88. The smallest absolute Gasteiger partial charge is 0.131 e. The van der Waals surface area contributed by atoms with Crippen LogP contribution in [-0.2, 0) is 26.1 Å². The summed E-state index contributed by atoms with van der Waals surface area (Å²) in [6, 6.07) is 19.5. The van der Waals surface area contributed by atoms with Crippen molar-refractivity contribution in [1.82, 2.24) is 19.4 Å². The standard InChI is InChI=1S/C26H26N4/c1-2-6-19(7-3-1)15-30-18-22(23-8-4-5-9-25(23)30)17-29-13-12-24-21(16-29)14-27-26(28-24)20-10-11-20/h1-9,14,18,20H,10-13,15-17H2. The summed E-state index contributed by atoms with van der Waals surface area (Å²) >= 11 is 0. The van der Waals surface area contributed by atoms with Gasteiger partial charge in [0.1, 0.15) is 5.82 Å². The summed E-state index contributed by atoms with van der Waals surface area (Å²) in [4.78, 5) is 12.1. The van der Waals surface area contributed by atoms with Gasteiger partial charge in [0.2, 0.25) is 0 Å². The normalized spacial score (nSPS) is 16.7. The average molecular weight is 395 g/mol. The summed E-state index contributed by atoms with van der Waals surface area (Å²) in [5.74, 6) is 1.70. The highest BCUT2D eigenvalue weighted by Gasteiger charge is 2.28. The van der Waals surface area contributed by atoms with Crippen LogP contribution < -0.4 is 0 Å². The van der Waals surface area contributed by atoms with Gasteiger partial charge in [0.25, 0.3) is 0 Å². The van der Waals surface area contributed by atoms with E-state index in [2.05, 4.69) is 81.4 Å². The number of aromatic nitrogens is 3. The molecule has 1 aliphatic heterocycles. The van der Waals surface area contributed by atoms with Gasteiger partial charge in [-0.2, -0.15) is 0 Å². The molecule has 4 aromatic rings. The van der Waals surface area contributed by atoms with Crippen molar-refractivity contribution in [3.8, 4) is 0 Å². The lowest BCUT2D eigenvalue weighted by Crippen LogP contribution is -2.31. The Kier molecular flexibility index (Phi) is 4.38. The molecule has 0 spiro atoms. The molecule has 0 radical (unpaired) electrons. The minimum atomic E-state index is 0.629.